The van der Waals surface area contributed by atoms with Gasteiger partial charge in [0.2, 0.25) is 0 Å². The molecule has 7 heteroatoms. The predicted molar refractivity (Wildman–Crippen MR) is 115 cm³/mol. The smallest absolute Gasteiger partial charge is 0.271 e. The van der Waals surface area contributed by atoms with Gasteiger partial charge in [-0.1, -0.05) is 24.3 Å². The molecule has 0 aliphatic heterocycles. The third-order valence-corrected chi connectivity index (χ3v) is 4.16. The number of phenolic OH excluding ortho intramolecular Hbond substituents is 1. The number of carbonyl (C=O) groups excluding carboxylic acids is 2. The molecule has 3 aromatic carbocycles. The molecule has 0 heterocycles. The van der Waals surface area contributed by atoms with E-state index in [4.69, 9.17) is 4.74 Å². The number of ether oxygens (including phenoxy) is 1. The highest BCUT2D eigenvalue weighted by atomic mass is 16.5. The maximum atomic E-state index is 12.0. The van der Waals surface area contributed by atoms with Crippen LogP contribution in [0.1, 0.15) is 21.5 Å². The molecule has 3 N–H and O–H groups in total. The Morgan fingerprint density at radius 2 is 1.80 bits per heavy atom. The van der Waals surface area contributed by atoms with Crippen molar-refractivity contribution in [2.24, 2.45) is 5.10 Å². The van der Waals surface area contributed by atoms with E-state index >= 15 is 0 Å². The third-order valence-electron chi connectivity index (χ3n) is 4.16. The van der Waals surface area contributed by atoms with Crippen molar-refractivity contribution in [3.05, 3.63) is 89.5 Å². The second kappa shape index (κ2) is 9.88. The average Bonchev–Trinajstić information content (AvgIpc) is 2.75. The van der Waals surface area contributed by atoms with Crippen LogP contribution in [-0.2, 0) is 4.79 Å². The molecule has 0 aromatic heterocycles. The normalized spacial score (nSPS) is 10.6. The first-order chi connectivity index (χ1) is 14.5. The van der Waals surface area contributed by atoms with Crippen molar-refractivity contribution in [1.29, 1.82) is 0 Å². The lowest BCUT2D eigenvalue weighted by Crippen LogP contribution is -2.20. The summed E-state index contributed by atoms with van der Waals surface area (Å²) in [6.07, 6.45) is 1.48. The maximum absolute atomic E-state index is 12.0. The van der Waals surface area contributed by atoms with E-state index in [1.54, 1.807) is 36.4 Å². The van der Waals surface area contributed by atoms with Crippen LogP contribution < -0.4 is 15.5 Å². The summed E-state index contributed by atoms with van der Waals surface area (Å²) in [5, 5.41) is 16.1. The summed E-state index contributed by atoms with van der Waals surface area (Å²) in [5.41, 5.74) is 5.17. The summed E-state index contributed by atoms with van der Waals surface area (Å²) in [7, 11) is 0. The molecule has 3 aromatic rings. The van der Waals surface area contributed by atoms with Gasteiger partial charge in [-0.15, -0.1) is 0 Å². The third kappa shape index (κ3) is 5.93. The van der Waals surface area contributed by atoms with Crippen molar-refractivity contribution in [2.45, 2.75) is 6.92 Å². The number of phenols is 1. The van der Waals surface area contributed by atoms with Crippen LogP contribution in [0.2, 0.25) is 0 Å². The van der Waals surface area contributed by atoms with Gasteiger partial charge in [0.25, 0.3) is 11.8 Å². The van der Waals surface area contributed by atoms with Crippen molar-refractivity contribution >= 4 is 23.7 Å². The molecule has 0 unspecified atom stereocenters. The molecule has 0 aliphatic rings. The molecule has 0 bridgehead atoms. The first-order valence-corrected chi connectivity index (χ1v) is 9.22. The van der Waals surface area contributed by atoms with Crippen LogP contribution in [0.25, 0.3) is 0 Å². The van der Waals surface area contributed by atoms with E-state index in [-0.39, 0.29) is 18.3 Å². The first kappa shape index (κ1) is 20.6. The Kier molecular flexibility index (Phi) is 6.78. The number of rotatable bonds is 7. The van der Waals surface area contributed by atoms with Crippen molar-refractivity contribution in [3.8, 4) is 11.5 Å². The molecule has 3 rings (SSSR count). The SMILES string of the molecule is Cc1ccccc1NC(=O)COc1ccc(/C=N/NC(=O)c2cccc(O)c2)cc1. The molecule has 7 nitrogen and oxygen atoms in total. The van der Waals surface area contributed by atoms with E-state index in [0.29, 0.717) is 11.3 Å². The first-order valence-electron chi connectivity index (χ1n) is 9.22. The molecular formula is C23H21N3O4. The van der Waals surface area contributed by atoms with Gasteiger partial charge >= 0.3 is 0 Å². The number of carbonyl (C=O) groups is 2. The van der Waals surface area contributed by atoms with E-state index < -0.39 is 5.91 Å². The molecule has 152 valence electrons. The molecule has 0 radical (unpaired) electrons. The number of benzene rings is 3. The molecular weight excluding hydrogens is 382 g/mol. The lowest BCUT2D eigenvalue weighted by Gasteiger charge is -2.09. The molecule has 0 fully saturated rings. The van der Waals surface area contributed by atoms with Gasteiger partial charge in [-0.2, -0.15) is 5.10 Å². The number of aromatic hydroxyl groups is 1. The minimum absolute atomic E-state index is 0.00908. The van der Waals surface area contributed by atoms with Gasteiger partial charge in [0.15, 0.2) is 6.61 Å². The number of amides is 2. The van der Waals surface area contributed by atoms with Crippen molar-refractivity contribution < 1.29 is 19.4 Å². The molecule has 0 saturated carbocycles. The van der Waals surface area contributed by atoms with Crippen LogP contribution in [0, 0.1) is 6.92 Å². The van der Waals surface area contributed by atoms with Crippen molar-refractivity contribution in [1.82, 2.24) is 5.43 Å². The lowest BCUT2D eigenvalue weighted by molar-refractivity contribution is -0.118. The van der Waals surface area contributed by atoms with Crippen LogP contribution in [0.4, 0.5) is 5.69 Å². The number of nitrogens with zero attached hydrogens (tertiary/aromatic N) is 1. The minimum Gasteiger partial charge on any atom is -0.508 e. The monoisotopic (exact) mass is 403 g/mol. The van der Waals surface area contributed by atoms with Crippen LogP contribution >= 0.6 is 0 Å². The summed E-state index contributed by atoms with van der Waals surface area (Å²) < 4.78 is 5.50. The van der Waals surface area contributed by atoms with Crippen LogP contribution in [0.15, 0.2) is 77.9 Å². The molecule has 0 aliphatic carbocycles. The number of nitrogens with one attached hydrogen (secondary N) is 2. The number of anilines is 1. The highest BCUT2D eigenvalue weighted by molar-refractivity contribution is 5.95. The van der Waals surface area contributed by atoms with Crippen LogP contribution in [0.3, 0.4) is 0 Å². The van der Waals surface area contributed by atoms with Gasteiger partial charge < -0.3 is 15.2 Å². The summed E-state index contributed by atoms with van der Waals surface area (Å²) >= 11 is 0. The fraction of sp³-hybridized carbons (Fsp3) is 0.0870. The summed E-state index contributed by atoms with van der Waals surface area (Å²) in [6, 6.07) is 20.4. The topological polar surface area (TPSA) is 100 Å². The molecule has 0 atom stereocenters. The zero-order valence-electron chi connectivity index (χ0n) is 16.3. The van der Waals surface area contributed by atoms with Crippen LogP contribution in [0.5, 0.6) is 11.5 Å². The summed E-state index contributed by atoms with van der Waals surface area (Å²) in [6.45, 7) is 1.81. The average molecular weight is 403 g/mol. The van der Waals surface area contributed by atoms with Gasteiger partial charge in [-0.3, -0.25) is 9.59 Å². The summed E-state index contributed by atoms with van der Waals surface area (Å²) in [5.74, 6) is -0.128. The Hall–Kier alpha value is -4.13. The van der Waals surface area contributed by atoms with Gasteiger partial charge in [-0.05, 0) is 66.6 Å². The number of para-hydroxylation sites is 1. The highest BCUT2D eigenvalue weighted by Crippen LogP contribution is 2.14. The standard InChI is InChI=1S/C23H21N3O4/c1-16-5-2-3-8-21(16)25-22(28)15-30-20-11-9-17(10-12-20)14-24-26-23(29)18-6-4-7-19(27)13-18/h2-14,27H,15H2,1H3,(H,25,28)(H,26,29)/b24-14+. The van der Waals surface area contributed by atoms with Crippen molar-refractivity contribution in [2.75, 3.05) is 11.9 Å². The number of hydrazone groups is 1. The Labute approximate surface area is 174 Å². The maximum Gasteiger partial charge on any atom is 0.271 e. The second-order valence-corrected chi connectivity index (χ2v) is 6.47. The Morgan fingerprint density at radius 3 is 2.53 bits per heavy atom. The predicted octanol–water partition coefficient (Wildman–Crippen LogP) is 3.48. The van der Waals surface area contributed by atoms with Gasteiger partial charge in [0.05, 0.1) is 6.21 Å². The molecule has 0 saturated heterocycles. The van der Waals surface area contributed by atoms with Crippen LogP contribution in [-0.4, -0.2) is 29.7 Å². The number of hydrogen-bond donors (Lipinski definition) is 3. The Bertz CT molecular complexity index is 1060. The largest absolute Gasteiger partial charge is 0.508 e. The second-order valence-electron chi connectivity index (χ2n) is 6.47. The number of hydrogen-bond acceptors (Lipinski definition) is 5. The molecule has 30 heavy (non-hydrogen) atoms. The zero-order valence-corrected chi connectivity index (χ0v) is 16.3. The van der Waals surface area contributed by atoms with Crippen molar-refractivity contribution in [3.63, 3.8) is 0 Å². The quantitative estimate of drug-likeness (QED) is 0.415. The zero-order chi connectivity index (χ0) is 21.3. The molecule has 0 spiro atoms. The number of aryl methyl sites for hydroxylation is 1. The van der Waals surface area contributed by atoms with E-state index in [1.807, 2.05) is 31.2 Å². The highest BCUT2D eigenvalue weighted by Gasteiger charge is 2.06. The lowest BCUT2D eigenvalue weighted by atomic mass is 10.2. The Balaban J connectivity index is 1.47. The van der Waals surface area contributed by atoms with Gasteiger partial charge in [-0.25, -0.2) is 5.43 Å². The van der Waals surface area contributed by atoms with Gasteiger partial charge in [0.1, 0.15) is 11.5 Å². The van der Waals surface area contributed by atoms with E-state index in [9.17, 15) is 14.7 Å². The summed E-state index contributed by atoms with van der Waals surface area (Å²) in [4.78, 5) is 24.0. The van der Waals surface area contributed by atoms with E-state index in [1.165, 1.54) is 18.3 Å². The van der Waals surface area contributed by atoms with E-state index in [2.05, 4.69) is 15.8 Å². The minimum atomic E-state index is -0.429. The van der Waals surface area contributed by atoms with E-state index in [0.717, 1.165) is 16.8 Å². The fourth-order valence-electron chi connectivity index (χ4n) is 2.58. The fourth-order valence-corrected chi connectivity index (χ4v) is 2.58. The molecule has 2 amide bonds. The van der Waals surface area contributed by atoms with Gasteiger partial charge in [0, 0.05) is 11.3 Å². The Morgan fingerprint density at radius 1 is 1.03 bits per heavy atom.